The Kier molecular flexibility index (Phi) is 8.10. The SMILES string of the molecule is CCc1ccc([C@H](C)NC(=O)C[NH+](CC)CC(=O)NC(C)(C)C)cc1. The zero-order chi connectivity index (χ0) is 19.0. The first-order valence-electron chi connectivity index (χ1n) is 9.17. The van der Waals surface area contributed by atoms with E-state index in [9.17, 15) is 9.59 Å². The highest BCUT2D eigenvalue weighted by molar-refractivity contribution is 5.79. The van der Waals surface area contributed by atoms with Crippen molar-refractivity contribution < 1.29 is 14.5 Å². The smallest absolute Gasteiger partial charge is 0.275 e. The van der Waals surface area contributed by atoms with Crippen molar-refractivity contribution >= 4 is 11.8 Å². The summed E-state index contributed by atoms with van der Waals surface area (Å²) < 4.78 is 0. The maximum absolute atomic E-state index is 12.3. The second kappa shape index (κ2) is 9.56. The molecule has 0 spiro atoms. The van der Waals surface area contributed by atoms with E-state index in [1.165, 1.54) is 5.56 Å². The van der Waals surface area contributed by atoms with E-state index in [0.29, 0.717) is 13.1 Å². The van der Waals surface area contributed by atoms with E-state index in [0.717, 1.165) is 23.4 Å². The summed E-state index contributed by atoms with van der Waals surface area (Å²) in [5, 5.41) is 5.97. The fourth-order valence-electron chi connectivity index (χ4n) is 2.65. The number of carbonyl (C=O) groups is 2. The minimum absolute atomic E-state index is 0.0275. The second-order valence-corrected chi connectivity index (χ2v) is 7.64. The van der Waals surface area contributed by atoms with Gasteiger partial charge in [-0.3, -0.25) is 9.59 Å². The van der Waals surface area contributed by atoms with Crippen molar-refractivity contribution in [3.8, 4) is 0 Å². The average molecular weight is 349 g/mol. The fraction of sp³-hybridized carbons (Fsp3) is 0.600. The molecule has 1 aromatic carbocycles. The predicted molar refractivity (Wildman–Crippen MR) is 102 cm³/mol. The third-order valence-corrected chi connectivity index (χ3v) is 4.10. The zero-order valence-corrected chi connectivity index (χ0v) is 16.5. The minimum Gasteiger partial charge on any atom is -0.347 e. The summed E-state index contributed by atoms with van der Waals surface area (Å²) in [7, 11) is 0. The van der Waals surface area contributed by atoms with Gasteiger partial charge in [-0.05, 0) is 52.2 Å². The lowest BCUT2D eigenvalue weighted by Gasteiger charge is -2.23. The largest absolute Gasteiger partial charge is 0.347 e. The number of quaternary nitrogens is 1. The maximum Gasteiger partial charge on any atom is 0.275 e. The Morgan fingerprint density at radius 1 is 1.04 bits per heavy atom. The third kappa shape index (κ3) is 8.16. The Bertz CT molecular complexity index is 561. The van der Waals surface area contributed by atoms with Gasteiger partial charge in [0.1, 0.15) is 0 Å². The molecule has 0 bridgehead atoms. The molecule has 0 radical (unpaired) electrons. The van der Waals surface area contributed by atoms with Crippen LogP contribution >= 0.6 is 0 Å². The summed E-state index contributed by atoms with van der Waals surface area (Å²) in [6.07, 6.45) is 1.01. The van der Waals surface area contributed by atoms with Crippen LogP contribution in [-0.2, 0) is 16.0 Å². The number of hydrogen-bond donors (Lipinski definition) is 3. The van der Waals surface area contributed by atoms with Crippen molar-refractivity contribution in [1.29, 1.82) is 0 Å². The molecule has 140 valence electrons. The van der Waals surface area contributed by atoms with Crippen LogP contribution in [0.3, 0.4) is 0 Å². The van der Waals surface area contributed by atoms with Gasteiger partial charge in [0.05, 0.1) is 12.6 Å². The lowest BCUT2D eigenvalue weighted by atomic mass is 10.1. The molecule has 2 atom stereocenters. The van der Waals surface area contributed by atoms with Gasteiger partial charge in [0.2, 0.25) is 0 Å². The Morgan fingerprint density at radius 3 is 2.08 bits per heavy atom. The molecule has 0 heterocycles. The second-order valence-electron chi connectivity index (χ2n) is 7.64. The molecular formula is C20H34N3O2+. The first-order chi connectivity index (χ1) is 11.6. The van der Waals surface area contributed by atoms with Gasteiger partial charge in [-0.2, -0.15) is 0 Å². The van der Waals surface area contributed by atoms with E-state index in [-0.39, 0.29) is 23.4 Å². The molecule has 3 N–H and O–H groups in total. The topological polar surface area (TPSA) is 62.6 Å². The number of aryl methyl sites for hydroxylation is 1. The van der Waals surface area contributed by atoms with Crippen molar-refractivity contribution in [3.63, 3.8) is 0 Å². The van der Waals surface area contributed by atoms with Gasteiger partial charge >= 0.3 is 0 Å². The highest BCUT2D eigenvalue weighted by Gasteiger charge is 2.21. The number of likely N-dealkylation sites (N-methyl/N-ethyl adjacent to an activating group) is 1. The van der Waals surface area contributed by atoms with Gasteiger partial charge in [-0.25, -0.2) is 0 Å². The molecule has 0 aliphatic heterocycles. The molecule has 0 saturated carbocycles. The summed E-state index contributed by atoms with van der Waals surface area (Å²) in [5.74, 6) is -0.0622. The lowest BCUT2D eigenvalue weighted by Crippen LogP contribution is -3.14. The van der Waals surface area contributed by atoms with E-state index in [1.54, 1.807) is 0 Å². The van der Waals surface area contributed by atoms with Crippen LogP contribution in [0.1, 0.15) is 58.7 Å². The van der Waals surface area contributed by atoms with E-state index in [4.69, 9.17) is 0 Å². The summed E-state index contributed by atoms with van der Waals surface area (Å²) in [5.41, 5.74) is 2.12. The predicted octanol–water partition coefficient (Wildman–Crippen LogP) is 1.25. The molecule has 0 aromatic heterocycles. The minimum atomic E-state index is -0.253. The van der Waals surface area contributed by atoms with Crippen molar-refractivity contribution in [3.05, 3.63) is 35.4 Å². The number of rotatable bonds is 8. The standard InChI is InChI=1S/C20H33N3O2/c1-7-16-9-11-17(12-10-16)15(3)21-18(24)13-23(8-2)14-19(25)22-20(4,5)6/h9-12,15H,7-8,13-14H2,1-6H3,(H,21,24)(H,22,25)/p+1/t15-/m0/s1. The average Bonchev–Trinajstić information content (AvgIpc) is 2.52. The monoisotopic (exact) mass is 348 g/mol. The molecule has 0 aliphatic carbocycles. The number of hydrogen-bond acceptors (Lipinski definition) is 2. The van der Waals surface area contributed by atoms with Crippen LogP contribution in [0.25, 0.3) is 0 Å². The van der Waals surface area contributed by atoms with Crippen LogP contribution in [0.4, 0.5) is 0 Å². The molecule has 1 aromatic rings. The van der Waals surface area contributed by atoms with E-state index < -0.39 is 0 Å². The molecular weight excluding hydrogens is 314 g/mol. The van der Waals surface area contributed by atoms with Crippen LogP contribution in [0.15, 0.2) is 24.3 Å². The van der Waals surface area contributed by atoms with Gasteiger partial charge in [-0.1, -0.05) is 31.2 Å². The van der Waals surface area contributed by atoms with Gasteiger partial charge in [-0.15, -0.1) is 0 Å². The van der Waals surface area contributed by atoms with Crippen molar-refractivity contribution in [2.75, 3.05) is 19.6 Å². The quantitative estimate of drug-likeness (QED) is 0.662. The summed E-state index contributed by atoms with van der Waals surface area (Å²) in [6, 6.07) is 8.27. The van der Waals surface area contributed by atoms with Crippen LogP contribution in [-0.4, -0.2) is 37.0 Å². The summed E-state index contributed by atoms with van der Waals surface area (Å²) in [4.78, 5) is 25.3. The maximum atomic E-state index is 12.3. The van der Waals surface area contributed by atoms with Crippen LogP contribution in [0, 0.1) is 0 Å². The van der Waals surface area contributed by atoms with Crippen molar-refractivity contribution in [1.82, 2.24) is 10.6 Å². The molecule has 5 heteroatoms. The summed E-state index contributed by atoms with van der Waals surface area (Å²) in [6.45, 7) is 13.3. The van der Waals surface area contributed by atoms with Crippen molar-refractivity contribution in [2.45, 2.75) is 59.5 Å². The van der Waals surface area contributed by atoms with E-state index in [1.807, 2.05) is 34.6 Å². The normalized spacial score (nSPS) is 13.8. The van der Waals surface area contributed by atoms with Gasteiger partial charge < -0.3 is 15.5 Å². The molecule has 2 amide bonds. The number of benzene rings is 1. The zero-order valence-electron chi connectivity index (χ0n) is 16.5. The number of carbonyl (C=O) groups excluding carboxylic acids is 2. The highest BCUT2D eigenvalue weighted by atomic mass is 16.2. The fourth-order valence-corrected chi connectivity index (χ4v) is 2.65. The van der Waals surface area contributed by atoms with E-state index >= 15 is 0 Å². The Morgan fingerprint density at radius 2 is 1.60 bits per heavy atom. The molecule has 25 heavy (non-hydrogen) atoms. The third-order valence-electron chi connectivity index (χ3n) is 4.10. The van der Waals surface area contributed by atoms with Gasteiger partial charge in [0.25, 0.3) is 11.8 Å². The van der Waals surface area contributed by atoms with E-state index in [2.05, 4.69) is 41.8 Å². The molecule has 1 rings (SSSR count). The lowest BCUT2D eigenvalue weighted by molar-refractivity contribution is -0.881. The van der Waals surface area contributed by atoms with Crippen LogP contribution in [0.2, 0.25) is 0 Å². The Labute approximate surface area is 152 Å². The molecule has 0 aliphatic rings. The summed E-state index contributed by atoms with van der Waals surface area (Å²) >= 11 is 0. The number of amides is 2. The first kappa shape index (κ1) is 21.2. The Hall–Kier alpha value is -1.88. The Balaban J connectivity index is 2.53. The highest BCUT2D eigenvalue weighted by Crippen LogP contribution is 2.13. The molecule has 1 unspecified atom stereocenters. The first-order valence-corrected chi connectivity index (χ1v) is 9.17. The van der Waals surface area contributed by atoms with Gasteiger partial charge in [0, 0.05) is 5.54 Å². The molecule has 0 fully saturated rings. The van der Waals surface area contributed by atoms with Gasteiger partial charge in [0.15, 0.2) is 13.1 Å². The molecule has 5 nitrogen and oxygen atoms in total. The van der Waals surface area contributed by atoms with Crippen LogP contribution in [0.5, 0.6) is 0 Å². The van der Waals surface area contributed by atoms with Crippen LogP contribution < -0.4 is 15.5 Å². The molecule has 0 saturated heterocycles. The van der Waals surface area contributed by atoms with Crippen molar-refractivity contribution in [2.24, 2.45) is 0 Å². The number of nitrogens with one attached hydrogen (secondary N) is 3.